The van der Waals surface area contributed by atoms with Crippen LogP contribution in [0.15, 0.2) is 42.6 Å². The van der Waals surface area contributed by atoms with Crippen molar-refractivity contribution in [3.63, 3.8) is 0 Å². The number of benzene rings is 1. The van der Waals surface area contributed by atoms with E-state index in [1.807, 2.05) is 31.2 Å². The minimum Gasteiger partial charge on any atom is -0.341 e. The van der Waals surface area contributed by atoms with Gasteiger partial charge in [0.15, 0.2) is 9.84 Å². The number of para-hydroxylation sites is 1. The summed E-state index contributed by atoms with van der Waals surface area (Å²) in [6, 6.07) is 11.7. The summed E-state index contributed by atoms with van der Waals surface area (Å²) in [5.74, 6) is -0.000412. The Labute approximate surface area is 159 Å². The Kier molecular flexibility index (Phi) is 4.63. The van der Waals surface area contributed by atoms with Crippen LogP contribution in [-0.4, -0.2) is 54.8 Å². The van der Waals surface area contributed by atoms with E-state index in [0.717, 1.165) is 24.3 Å². The van der Waals surface area contributed by atoms with Gasteiger partial charge in [-0.05, 0) is 43.5 Å². The SMILES string of the molecule is CCN(C(=O)c1cc(N2CCc3ccccc32)ccn1)C1CCS(=O)(=O)C1. The summed E-state index contributed by atoms with van der Waals surface area (Å²) >= 11 is 0. The van der Waals surface area contributed by atoms with Crippen LogP contribution in [-0.2, 0) is 16.3 Å². The lowest BCUT2D eigenvalue weighted by molar-refractivity contribution is 0.0702. The van der Waals surface area contributed by atoms with Crippen molar-refractivity contribution < 1.29 is 13.2 Å². The van der Waals surface area contributed by atoms with E-state index in [4.69, 9.17) is 0 Å². The Morgan fingerprint density at radius 1 is 1.30 bits per heavy atom. The number of carbonyl (C=O) groups excluding carboxylic acids is 1. The Hall–Kier alpha value is -2.41. The number of rotatable bonds is 4. The number of carbonyl (C=O) groups is 1. The molecule has 7 heteroatoms. The molecule has 0 spiro atoms. The molecule has 6 nitrogen and oxygen atoms in total. The summed E-state index contributed by atoms with van der Waals surface area (Å²) in [5.41, 5.74) is 3.77. The molecule has 0 bridgehead atoms. The monoisotopic (exact) mass is 385 g/mol. The number of hydrogen-bond acceptors (Lipinski definition) is 5. The first kappa shape index (κ1) is 18.0. The topological polar surface area (TPSA) is 70.6 Å². The molecule has 1 saturated heterocycles. The summed E-state index contributed by atoms with van der Waals surface area (Å²) in [6.45, 7) is 3.22. The molecule has 0 radical (unpaired) electrons. The summed E-state index contributed by atoms with van der Waals surface area (Å²) in [7, 11) is -3.04. The van der Waals surface area contributed by atoms with Crippen molar-refractivity contribution in [1.82, 2.24) is 9.88 Å². The lowest BCUT2D eigenvalue weighted by atomic mass is 10.1. The van der Waals surface area contributed by atoms with Crippen molar-refractivity contribution in [3.05, 3.63) is 53.9 Å². The highest BCUT2D eigenvalue weighted by atomic mass is 32.2. The maximum atomic E-state index is 13.0. The third-order valence-electron chi connectivity index (χ3n) is 5.41. The Morgan fingerprint density at radius 3 is 2.85 bits per heavy atom. The molecule has 4 rings (SSSR count). The summed E-state index contributed by atoms with van der Waals surface area (Å²) < 4.78 is 23.6. The van der Waals surface area contributed by atoms with Gasteiger partial charge in [-0.15, -0.1) is 0 Å². The van der Waals surface area contributed by atoms with Crippen LogP contribution >= 0.6 is 0 Å². The summed E-state index contributed by atoms with van der Waals surface area (Å²) in [6.07, 6.45) is 3.13. The van der Waals surface area contributed by atoms with Crippen molar-refractivity contribution >= 4 is 27.1 Å². The molecule has 1 aromatic carbocycles. The molecule has 0 aliphatic carbocycles. The van der Waals surface area contributed by atoms with Gasteiger partial charge in [-0.2, -0.15) is 0 Å². The second-order valence-corrected chi connectivity index (χ2v) is 9.31. The fourth-order valence-electron chi connectivity index (χ4n) is 4.05. The van der Waals surface area contributed by atoms with Gasteiger partial charge >= 0.3 is 0 Å². The molecule has 1 atom stereocenters. The molecule has 27 heavy (non-hydrogen) atoms. The van der Waals surface area contributed by atoms with Crippen LogP contribution in [0.5, 0.6) is 0 Å². The van der Waals surface area contributed by atoms with Crippen LogP contribution < -0.4 is 4.90 Å². The van der Waals surface area contributed by atoms with Crippen molar-refractivity contribution in [1.29, 1.82) is 0 Å². The van der Waals surface area contributed by atoms with E-state index in [0.29, 0.717) is 18.7 Å². The fourth-order valence-corrected chi connectivity index (χ4v) is 5.78. The minimum atomic E-state index is -3.04. The molecular weight excluding hydrogens is 362 g/mol. The van der Waals surface area contributed by atoms with E-state index >= 15 is 0 Å². The first-order valence-electron chi connectivity index (χ1n) is 9.31. The average molecular weight is 385 g/mol. The van der Waals surface area contributed by atoms with E-state index in [2.05, 4.69) is 22.0 Å². The molecule has 2 aliphatic rings. The van der Waals surface area contributed by atoms with Crippen LogP contribution in [0.2, 0.25) is 0 Å². The normalized spacial score (nSPS) is 20.5. The van der Waals surface area contributed by atoms with Gasteiger partial charge in [0, 0.05) is 36.7 Å². The van der Waals surface area contributed by atoms with Crippen molar-refractivity contribution in [2.75, 3.05) is 29.5 Å². The number of pyridine rings is 1. The quantitative estimate of drug-likeness (QED) is 0.808. The van der Waals surface area contributed by atoms with Gasteiger partial charge in [0.2, 0.25) is 0 Å². The molecule has 1 unspecified atom stereocenters. The molecule has 3 heterocycles. The minimum absolute atomic E-state index is 0.0474. The maximum Gasteiger partial charge on any atom is 0.272 e. The summed E-state index contributed by atoms with van der Waals surface area (Å²) in [5, 5.41) is 0. The zero-order valence-electron chi connectivity index (χ0n) is 15.3. The second kappa shape index (κ2) is 6.96. The smallest absolute Gasteiger partial charge is 0.272 e. The van der Waals surface area contributed by atoms with Gasteiger partial charge in [-0.25, -0.2) is 8.42 Å². The third-order valence-corrected chi connectivity index (χ3v) is 7.16. The van der Waals surface area contributed by atoms with Gasteiger partial charge in [0.05, 0.1) is 11.5 Å². The van der Waals surface area contributed by atoms with Crippen molar-refractivity contribution in [2.45, 2.75) is 25.8 Å². The second-order valence-electron chi connectivity index (χ2n) is 7.08. The highest BCUT2D eigenvalue weighted by molar-refractivity contribution is 7.91. The van der Waals surface area contributed by atoms with E-state index < -0.39 is 9.84 Å². The number of sulfone groups is 1. The van der Waals surface area contributed by atoms with Gasteiger partial charge in [0.1, 0.15) is 5.69 Å². The molecule has 1 amide bonds. The lowest BCUT2D eigenvalue weighted by Crippen LogP contribution is -2.41. The average Bonchev–Trinajstić information content (AvgIpc) is 3.25. The Morgan fingerprint density at radius 2 is 2.11 bits per heavy atom. The zero-order valence-corrected chi connectivity index (χ0v) is 16.2. The Bertz CT molecular complexity index is 974. The van der Waals surface area contributed by atoms with E-state index in [1.54, 1.807) is 11.1 Å². The summed E-state index contributed by atoms with van der Waals surface area (Å²) in [4.78, 5) is 21.2. The molecule has 1 fully saturated rings. The van der Waals surface area contributed by atoms with Gasteiger partial charge < -0.3 is 9.80 Å². The number of hydrogen-bond donors (Lipinski definition) is 0. The first-order valence-corrected chi connectivity index (χ1v) is 11.1. The number of nitrogens with zero attached hydrogens (tertiary/aromatic N) is 3. The molecule has 1 aromatic heterocycles. The van der Waals surface area contributed by atoms with Crippen LogP contribution in [0.1, 0.15) is 29.4 Å². The van der Waals surface area contributed by atoms with Crippen LogP contribution in [0.3, 0.4) is 0 Å². The predicted octanol–water partition coefficient (Wildman–Crippen LogP) is 2.43. The predicted molar refractivity (Wildman–Crippen MR) is 105 cm³/mol. The third kappa shape index (κ3) is 3.43. The molecular formula is C20H23N3O3S. The van der Waals surface area contributed by atoms with Crippen LogP contribution in [0.25, 0.3) is 0 Å². The van der Waals surface area contributed by atoms with Gasteiger partial charge in [-0.3, -0.25) is 9.78 Å². The Balaban J connectivity index is 1.60. The lowest BCUT2D eigenvalue weighted by Gasteiger charge is -2.27. The van der Waals surface area contributed by atoms with Crippen LogP contribution in [0, 0.1) is 0 Å². The molecule has 2 aromatic rings. The van der Waals surface area contributed by atoms with Crippen molar-refractivity contribution in [3.8, 4) is 0 Å². The number of aromatic nitrogens is 1. The number of anilines is 2. The maximum absolute atomic E-state index is 13.0. The highest BCUT2D eigenvalue weighted by Crippen LogP contribution is 2.34. The number of fused-ring (bicyclic) bond motifs is 1. The van der Waals surface area contributed by atoms with Gasteiger partial charge in [0.25, 0.3) is 5.91 Å². The largest absolute Gasteiger partial charge is 0.341 e. The van der Waals surface area contributed by atoms with E-state index in [-0.39, 0.29) is 23.5 Å². The standard InChI is InChI=1S/C20H23N3O3S/c1-2-22(17-9-12-27(25,26)14-17)20(24)18-13-16(7-10-21-18)23-11-8-15-5-3-4-6-19(15)23/h3-7,10,13,17H,2,8-9,11-12,14H2,1H3. The molecule has 0 N–H and O–H groups in total. The van der Waals surface area contributed by atoms with Crippen molar-refractivity contribution in [2.24, 2.45) is 0 Å². The highest BCUT2D eigenvalue weighted by Gasteiger charge is 2.34. The molecule has 2 aliphatic heterocycles. The van der Waals surface area contributed by atoms with E-state index in [9.17, 15) is 13.2 Å². The van der Waals surface area contributed by atoms with E-state index in [1.165, 1.54) is 5.56 Å². The first-order chi connectivity index (χ1) is 13.0. The zero-order chi connectivity index (χ0) is 19.0. The molecule has 142 valence electrons. The molecule has 0 saturated carbocycles. The van der Waals surface area contributed by atoms with Crippen LogP contribution in [0.4, 0.5) is 11.4 Å². The fraction of sp³-hybridized carbons (Fsp3) is 0.400. The number of amides is 1. The van der Waals surface area contributed by atoms with Gasteiger partial charge in [-0.1, -0.05) is 18.2 Å².